The number of nitrogens with one attached hydrogen (secondary N) is 1. The lowest BCUT2D eigenvalue weighted by atomic mass is 9.89. The minimum atomic E-state index is -0.0205. The molecule has 0 aromatic heterocycles. The molecule has 1 rings (SSSR count). The van der Waals surface area contributed by atoms with Gasteiger partial charge in [-0.1, -0.05) is 12.8 Å². The van der Waals surface area contributed by atoms with Crippen LogP contribution >= 0.6 is 0 Å². The van der Waals surface area contributed by atoms with Crippen molar-refractivity contribution in [2.45, 2.75) is 44.6 Å². The van der Waals surface area contributed by atoms with Crippen LogP contribution in [0.5, 0.6) is 0 Å². The van der Waals surface area contributed by atoms with Crippen LogP contribution in [-0.4, -0.2) is 26.2 Å². The highest BCUT2D eigenvalue weighted by Crippen LogP contribution is 2.23. The molecule has 0 spiro atoms. The monoisotopic (exact) mass is 199 g/mol. The highest BCUT2D eigenvalue weighted by molar-refractivity contribution is 5.72. The lowest BCUT2D eigenvalue weighted by Gasteiger charge is -2.22. The van der Waals surface area contributed by atoms with Gasteiger partial charge in [-0.25, -0.2) is 0 Å². The van der Waals surface area contributed by atoms with E-state index in [1.165, 1.54) is 20.0 Å². The molecule has 0 heterocycles. The van der Waals surface area contributed by atoms with Crippen LogP contribution in [0, 0.1) is 5.92 Å². The molecule has 0 amide bonds. The predicted octanol–water partition coefficient (Wildman–Crippen LogP) is 1.72. The van der Waals surface area contributed by atoms with Gasteiger partial charge in [-0.15, -0.1) is 0 Å². The van der Waals surface area contributed by atoms with Crippen LogP contribution in [0.4, 0.5) is 0 Å². The molecule has 1 saturated carbocycles. The van der Waals surface area contributed by atoms with E-state index >= 15 is 0 Å². The highest BCUT2D eigenvalue weighted by Gasteiger charge is 2.21. The first-order valence-electron chi connectivity index (χ1n) is 5.53. The van der Waals surface area contributed by atoms with Gasteiger partial charge in [0.1, 0.15) is 0 Å². The summed E-state index contributed by atoms with van der Waals surface area (Å²) >= 11 is 0. The fraction of sp³-hybridized carbons (Fsp3) is 0.909. The van der Waals surface area contributed by atoms with Crippen LogP contribution in [0.1, 0.15) is 38.5 Å². The van der Waals surface area contributed by atoms with E-state index in [-0.39, 0.29) is 11.9 Å². The van der Waals surface area contributed by atoms with Crippen molar-refractivity contribution in [1.29, 1.82) is 0 Å². The van der Waals surface area contributed by atoms with Crippen molar-refractivity contribution in [1.82, 2.24) is 5.32 Å². The minimum Gasteiger partial charge on any atom is -0.469 e. The Hall–Kier alpha value is -0.570. The average molecular weight is 199 g/mol. The molecule has 1 aliphatic rings. The second kappa shape index (κ2) is 6.02. The Morgan fingerprint density at radius 2 is 1.79 bits per heavy atom. The molecule has 3 heteroatoms. The summed E-state index contributed by atoms with van der Waals surface area (Å²) in [5.41, 5.74) is 0. The van der Waals surface area contributed by atoms with Crippen molar-refractivity contribution in [2.75, 3.05) is 14.2 Å². The number of hydrogen-bond acceptors (Lipinski definition) is 3. The normalized spacial score (nSPS) is 29.0. The third-order valence-electron chi connectivity index (χ3n) is 3.15. The molecule has 0 aromatic rings. The molecular weight excluding hydrogens is 178 g/mol. The van der Waals surface area contributed by atoms with Gasteiger partial charge in [0.25, 0.3) is 0 Å². The highest BCUT2D eigenvalue weighted by atomic mass is 16.5. The molecule has 14 heavy (non-hydrogen) atoms. The average Bonchev–Trinajstić information content (AvgIpc) is 2.17. The molecule has 0 aromatic carbocycles. The zero-order valence-corrected chi connectivity index (χ0v) is 9.21. The summed E-state index contributed by atoms with van der Waals surface area (Å²) in [5, 5.41) is 3.31. The molecule has 1 aliphatic carbocycles. The van der Waals surface area contributed by atoms with Crippen LogP contribution in [0.15, 0.2) is 0 Å². The van der Waals surface area contributed by atoms with Gasteiger partial charge in [-0.2, -0.15) is 0 Å². The molecule has 0 atom stereocenters. The van der Waals surface area contributed by atoms with E-state index in [9.17, 15) is 4.79 Å². The molecule has 0 bridgehead atoms. The molecular formula is C11H21NO2. The van der Waals surface area contributed by atoms with Crippen molar-refractivity contribution in [3.63, 3.8) is 0 Å². The fourth-order valence-corrected chi connectivity index (χ4v) is 2.20. The number of ether oxygens (including phenoxy) is 1. The first-order valence-corrected chi connectivity index (χ1v) is 5.53. The lowest BCUT2D eigenvalue weighted by molar-refractivity contribution is -0.146. The third kappa shape index (κ3) is 3.29. The number of methoxy groups -OCH3 is 1. The van der Waals surface area contributed by atoms with E-state index in [1.54, 1.807) is 0 Å². The Balaban J connectivity index is 2.36. The van der Waals surface area contributed by atoms with Crippen LogP contribution in [0.2, 0.25) is 0 Å². The van der Waals surface area contributed by atoms with Crippen LogP contribution in [0.3, 0.4) is 0 Å². The summed E-state index contributed by atoms with van der Waals surface area (Å²) in [7, 11) is 3.50. The Bertz CT molecular complexity index is 172. The van der Waals surface area contributed by atoms with Crippen molar-refractivity contribution >= 4 is 5.97 Å². The van der Waals surface area contributed by atoms with Gasteiger partial charge >= 0.3 is 5.97 Å². The number of rotatable bonds is 2. The zero-order valence-electron chi connectivity index (χ0n) is 9.21. The zero-order chi connectivity index (χ0) is 10.4. The number of carbonyl (C=O) groups is 1. The fourth-order valence-electron chi connectivity index (χ4n) is 2.20. The first kappa shape index (κ1) is 11.5. The van der Waals surface area contributed by atoms with Gasteiger partial charge < -0.3 is 10.1 Å². The molecule has 3 nitrogen and oxygen atoms in total. The SMILES string of the molecule is CNC1CCCC(C(=O)OC)CCC1. The quantitative estimate of drug-likeness (QED) is 0.688. The maximum atomic E-state index is 11.3. The standard InChI is InChI=1S/C11H21NO2/c1-12-10-7-3-5-9(6-4-8-10)11(13)14-2/h9-10,12H,3-8H2,1-2H3. The van der Waals surface area contributed by atoms with Gasteiger partial charge in [0, 0.05) is 6.04 Å². The van der Waals surface area contributed by atoms with Gasteiger partial charge in [0.2, 0.25) is 0 Å². The molecule has 0 aliphatic heterocycles. The van der Waals surface area contributed by atoms with E-state index in [4.69, 9.17) is 4.74 Å². The van der Waals surface area contributed by atoms with E-state index < -0.39 is 0 Å². The summed E-state index contributed by atoms with van der Waals surface area (Å²) in [6.07, 6.45) is 6.61. The van der Waals surface area contributed by atoms with E-state index in [0.29, 0.717) is 6.04 Å². The molecule has 0 saturated heterocycles. The summed E-state index contributed by atoms with van der Waals surface area (Å²) in [6, 6.07) is 0.647. The Kier molecular flexibility index (Phi) is 4.94. The van der Waals surface area contributed by atoms with Gasteiger partial charge in [-0.3, -0.25) is 4.79 Å². The number of esters is 1. The maximum Gasteiger partial charge on any atom is 0.308 e. The molecule has 82 valence electrons. The molecule has 1 fully saturated rings. The van der Waals surface area contributed by atoms with Crippen molar-refractivity contribution in [2.24, 2.45) is 5.92 Å². The first-order chi connectivity index (χ1) is 6.77. The number of hydrogen-bond donors (Lipinski definition) is 1. The third-order valence-corrected chi connectivity index (χ3v) is 3.15. The Morgan fingerprint density at radius 3 is 2.21 bits per heavy atom. The van der Waals surface area contributed by atoms with Gasteiger partial charge in [0.05, 0.1) is 13.0 Å². The van der Waals surface area contributed by atoms with Crippen LogP contribution in [-0.2, 0) is 9.53 Å². The van der Waals surface area contributed by atoms with E-state index in [2.05, 4.69) is 5.32 Å². The summed E-state index contributed by atoms with van der Waals surface area (Å²) < 4.78 is 4.78. The smallest absolute Gasteiger partial charge is 0.308 e. The molecule has 1 N–H and O–H groups in total. The summed E-state index contributed by atoms with van der Waals surface area (Å²) in [5.74, 6) is 0.130. The van der Waals surface area contributed by atoms with E-state index in [0.717, 1.165) is 25.7 Å². The maximum absolute atomic E-state index is 11.3. The van der Waals surface area contributed by atoms with E-state index in [1.807, 2.05) is 7.05 Å². The number of carbonyl (C=O) groups excluding carboxylic acids is 1. The predicted molar refractivity (Wildman–Crippen MR) is 56.1 cm³/mol. The van der Waals surface area contributed by atoms with Gasteiger partial charge in [-0.05, 0) is 32.7 Å². The molecule has 0 radical (unpaired) electrons. The second-order valence-corrected chi connectivity index (χ2v) is 4.07. The van der Waals surface area contributed by atoms with Gasteiger partial charge in [0.15, 0.2) is 0 Å². The second-order valence-electron chi connectivity index (χ2n) is 4.07. The molecule has 0 unspecified atom stereocenters. The minimum absolute atomic E-state index is 0.0205. The van der Waals surface area contributed by atoms with Crippen molar-refractivity contribution < 1.29 is 9.53 Å². The van der Waals surface area contributed by atoms with Crippen LogP contribution in [0.25, 0.3) is 0 Å². The Morgan fingerprint density at radius 1 is 1.21 bits per heavy atom. The summed E-state index contributed by atoms with van der Waals surface area (Å²) in [4.78, 5) is 11.3. The van der Waals surface area contributed by atoms with Crippen molar-refractivity contribution in [3.8, 4) is 0 Å². The lowest BCUT2D eigenvalue weighted by Crippen LogP contribution is -2.28. The largest absolute Gasteiger partial charge is 0.469 e. The topological polar surface area (TPSA) is 38.3 Å². The summed E-state index contributed by atoms with van der Waals surface area (Å²) in [6.45, 7) is 0. The van der Waals surface area contributed by atoms with Crippen molar-refractivity contribution in [3.05, 3.63) is 0 Å². The Labute approximate surface area is 86.2 Å². The van der Waals surface area contributed by atoms with Crippen LogP contribution < -0.4 is 5.32 Å².